The average Bonchev–Trinajstić information content (AvgIpc) is 2.43. The van der Waals surface area contributed by atoms with Gasteiger partial charge in [0.05, 0.1) is 0 Å². The summed E-state index contributed by atoms with van der Waals surface area (Å²) in [6.45, 7) is 0.374. The molecule has 5 nitrogen and oxygen atoms in total. The van der Waals surface area contributed by atoms with Crippen LogP contribution in [0.3, 0.4) is 0 Å². The van der Waals surface area contributed by atoms with E-state index < -0.39 is 12.1 Å². The van der Waals surface area contributed by atoms with Crippen LogP contribution in [-0.2, 0) is 11.2 Å². The highest BCUT2D eigenvalue weighted by molar-refractivity contribution is 7.98. The van der Waals surface area contributed by atoms with Crippen molar-refractivity contribution in [3.8, 4) is 0 Å². The van der Waals surface area contributed by atoms with Crippen LogP contribution in [-0.4, -0.2) is 36.5 Å². The van der Waals surface area contributed by atoms with Crippen LogP contribution in [0.2, 0.25) is 0 Å². The standard InChI is InChI=1S/C14H20FN3O2S/c1-21-8-6-12(18-14(16)20)13(19)17-7-5-10-3-2-4-11(15)9-10/h2-4,9,12H,5-8H2,1H3,(H,17,19)(H3,16,18,20). The molecular weight excluding hydrogens is 293 g/mol. The minimum atomic E-state index is -0.721. The van der Waals surface area contributed by atoms with E-state index in [4.69, 9.17) is 5.73 Å². The number of urea groups is 1. The quantitative estimate of drug-likeness (QED) is 0.676. The largest absolute Gasteiger partial charge is 0.354 e. The van der Waals surface area contributed by atoms with Crippen LogP contribution in [0.1, 0.15) is 12.0 Å². The van der Waals surface area contributed by atoms with Gasteiger partial charge in [-0.1, -0.05) is 12.1 Å². The second kappa shape index (κ2) is 9.23. The average molecular weight is 313 g/mol. The van der Waals surface area contributed by atoms with Gasteiger partial charge in [0.15, 0.2) is 0 Å². The number of primary amides is 1. The molecule has 0 radical (unpaired) electrons. The highest BCUT2D eigenvalue weighted by Gasteiger charge is 2.18. The third kappa shape index (κ3) is 6.99. The second-order valence-electron chi connectivity index (χ2n) is 4.51. The number of thioether (sulfide) groups is 1. The van der Waals surface area contributed by atoms with Crippen molar-refractivity contribution < 1.29 is 14.0 Å². The zero-order valence-electron chi connectivity index (χ0n) is 11.9. The maximum absolute atomic E-state index is 13.0. The van der Waals surface area contributed by atoms with Gasteiger partial charge in [-0.3, -0.25) is 4.79 Å². The normalized spacial score (nSPS) is 11.7. The van der Waals surface area contributed by atoms with Gasteiger partial charge < -0.3 is 16.4 Å². The van der Waals surface area contributed by atoms with Crippen molar-refractivity contribution >= 4 is 23.7 Å². The number of rotatable bonds is 8. The molecule has 1 atom stereocenters. The Bertz CT molecular complexity index is 485. The van der Waals surface area contributed by atoms with Gasteiger partial charge in [-0.15, -0.1) is 0 Å². The molecule has 0 bridgehead atoms. The van der Waals surface area contributed by atoms with Gasteiger partial charge in [-0.2, -0.15) is 11.8 Å². The summed E-state index contributed by atoms with van der Waals surface area (Å²) in [6, 6.07) is 4.87. The highest BCUT2D eigenvalue weighted by atomic mass is 32.2. The highest BCUT2D eigenvalue weighted by Crippen LogP contribution is 2.04. The lowest BCUT2D eigenvalue weighted by Crippen LogP contribution is -2.49. The maximum Gasteiger partial charge on any atom is 0.312 e. The maximum atomic E-state index is 13.0. The molecule has 1 rings (SSSR count). The SMILES string of the molecule is CSCCC(NC(N)=O)C(=O)NCCc1cccc(F)c1. The van der Waals surface area contributed by atoms with E-state index in [0.29, 0.717) is 19.4 Å². The van der Waals surface area contributed by atoms with E-state index in [1.54, 1.807) is 23.9 Å². The Morgan fingerprint density at radius 1 is 1.43 bits per heavy atom. The van der Waals surface area contributed by atoms with E-state index in [1.807, 2.05) is 6.26 Å². The van der Waals surface area contributed by atoms with Crippen LogP contribution in [0.15, 0.2) is 24.3 Å². The fourth-order valence-corrected chi connectivity index (χ4v) is 2.29. The third-order valence-corrected chi connectivity index (χ3v) is 3.49. The van der Waals surface area contributed by atoms with Crippen LogP contribution in [0, 0.1) is 5.82 Å². The monoisotopic (exact) mass is 313 g/mol. The topological polar surface area (TPSA) is 84.2 Å². The van der Waals surface area contributed by atoms with E-state index in [0.717, 1.165) is 11.3 Å². The van der Waals surface area contributed by atoms with Crippen molar-refractivity contribution in [2.24, 2.45) is 5.73 Å². The molecule has 7 heteroatoms. The number of halogens is 1. The van der Waals surface area contributed by atoms with E-state index in [1.165, 1.54) is 12.1 Å². The molecule has 0 saturated heterocycles. The third-order valence-electron chi connectivity index (χ3n) is 2.85. The van der Waals surface area contributed by atoms with E-state index in [-0.39, 0.29) is 11.7 Å². The minimum absolute atomic E-state index is 0.278. The number of amides is 3. The molecule has 0 spiro atoms. The molecular formula is C14H20FN3O2S. The first-order valence-corrected chi connectivity index (χ1v) is 7.99. The molecule has 116 valence electrons. The number of benzene rings is 1. The molecule has 0 heterocycles. The Labute approximate surface area is 127 Å². The summed E-state index contributed by atoms with van der Waals surface area (Å²) in [7, 11) is 0. The Morgan fingerprint density at radius 2 is 2.19 bits per heavy atom. The van der Waals surface area contributed by atoms with E-state index >= 15 is 0 Å². The van der Waals surface area contributed by atoms with Gasteiger partial charge in [-0.05, 0) is 42.5 Å². The molecule has 0 aliphatic heterocycles. The molecule has 0 saturated carbocycles. The van der Waals surface area contributed by atoms with Gasteiger partial charge in [0.1, 0.15) is 11.9 Å². The fraction of sp³-hybridized carbons (Fsp3) is 0.429. The van der Waals surface area contributed by atoms with Crippen LogP contribution in [0.25, 0.3) is 0 Å². The molecule has 1 unspecified atom stereocenters. The molecule has 0 aliphatic carbocycles. The lowest BCUT2D eigenvalue weighted by molar-refractivity contribution is -0.122. The van der Waals surface area contributed by atoms with Gasteiger partial charge in [0.25, 0.3) is 0 Å². The van der Waals surface area contributed by atoms with Crippen molar-refractivity contribution in [1.82, 2.24) is 10.6 Å². The molecule has 0 fully saturated rings. The summed E-state index contributed by atoms with van der Waals surface area (Å²) in [4.78, 5) is 22.9. The van der Waals surface area contributed by atoms with Crippen molar-refractivity contribution in [1.29, 1.82) is 0 Å². The Hall–Kier alpha value is -1.76. The first kappa shape index (κ1) is 17.3. The molecule has 0 aromatic heterocycles. The van der Waals surface area contributed by atoms with Crippen molar-refractivity contribution in [3.63, 3.8) is 0 Å². The Morgan fingerprint density at radius 3 is 2.81 bits per heavy atom. The summed E-state index contributed by atoms with van der Waals surface area (Å²) in [5.74, 6) is 0.161. The summed E-state index contributed by atoms with van der Waals surface area (Å²) >= 11 is 1.58. The molecule has 1 aromatic rings. The lowest BCUT2D eigenvalue weighted by Gasteiger charge is -2.16. The Kier molecular flexibility index (Phi) is 7.60. The van der Waals surface area contributed by atoms with Crippen molar-refractivity contribution in [2.45, 2.75) is 18.9 Å². The summed E-state index contributed by atoms with van der Waals surface area (Å²) in [6.07, 6.45) is 2.95. The van der Waals surface area contributed by atoms with Gasteiger partial charge in [-0.25, -0.2) is 9.18 Å². The summed E-state index contributed by atoms with van der Waals surface area (Å²) in [5.41, 5.74) is 5.87. The first-order valence-electron chi connectivity index (χ1n) is 6.60. The van der Waals surface area contributed by atoms with Gasteiger partial charge in [0.2, 0.25) is 5.91 Å². The molecule has 0 aliphatic rings. The van der Waals surface area contributed by atoms with Crippen LogP contribution in [0.4, 0.5) is 9.18 Å². The second-order valence-corrected chi connectivity index (χ2v) is 5.50. The van der Waals surface area contributed by atoms with Crippen LogP contribution < -0.4 is 16.4 Å². The van der Waals surface area contributed by atoms with Gasteiger partial charge >= 0.3 is 6.03 Å². The van der Waals surface area contributed by atoms with Crippen molar-refractivity contribution in [3.05, 3.63) is 35.6 Å². The number of nitrogens with one attached hydrogen (secondary N) is 2. The number of nitrogens with two attached hydrogens (primary N) is 1. The lowest BCUT2D eigenvalue weighted by atomic mass is 10.1. The molecule has 1 aromatic carbocycles. The first-order chi connectivity index (χ1) is 10.0. The van der Waals surface area contributed by atoms with Crippen LogP contribution >= 0.6 is 11.8 Å². The number of carbonyl (C=O) groups is 2. The zero-order valence-corrected chi connectivity index (χ0v) is 12.7. The van der Waals surface area contributed by atoms with Crippen LogP contribution in [0.5, 0.6) is 0 Å². The minimum Gasteiger partial charge on any atom is -0.354 e. The fourth-order valence-electron chi connectivity index (χ4n) is 1.82. The smallest absolute Gasteiger partial charge is 0.312 e. The number of hydrogen-bond donors (Lipinski definition) is 3. The summed E-state index contributed by atoms with van der Waals surface area (Å²) < 4.78 is 13.0. The predicted octanol–water partition coefficient (Wildman–Crippen LogP) is 1.27. The van der Waals surface area contributed by atoms with Gasteiger partial charge in [0, 0.05) is 6.54 Å². The zero-order chi connectivity index (χ0) is 15.7. The Balaban J connectivity index is 2.43. The van der Waals surface area contributed by atoms with Crippen molar-refractivity contribution in [2.75, 3.05) is 18.6 Å². The number of hydrogen-bond acceptors (Lipinski definition) is 3. The van der Waals surface area contributed by atoms with E-state index in [9.17, 15) is 14.0 Å². The number of carbonyl (C=O) groups excluding carboxylic acids is 2. The molecule has 21 heavy (non-hydrogen) atoms. The van der Waals surface area contributed by atoms with E-state index in [2.05, 4.69) is 10.6 Å². The summed E-state index contributed by atoms with van der Waals surface area (Å²) in [5, 5.41) is 5.15. The molecule has 4 N–H and O–H groups in total. The predicted molar refractivity (Wildman–Crippen MR) is 82.6 cm³/mol. The molecule has 3 amide bonds.